The number of amides is 1. The lowest BCUT2D eigenvalue weighted by Gasteiger charge is -2.42. The maximum Gasteiger partial charge on any atom is 0.410 e. The fourth-order valence-electron chi connectivity index (χ4n) is 7.42. The lowest BCUT2D eigenvalue weighted by Crippen LogP contribution is -2.57. The van der Waals surface area contributed by atoms with Gasteiger partial charge in [-0.25, -0.2) is 9.18 Å². The number of fused-ring (bicyclic) bond motifs is 4. The molecule has 5 heterocycles. The van der Waals surface area contributed by atoms with Gasteiger partial charge >= 0.3 is 12.1 Å². The number of hydrogen-bond acceptors (Lipinski definition) is 10. The van der Waals surface area contributed by atoms with Crippen LogP contribution in [0.25, 0.3) is 32.9 Å². The number of nitrogens with zero attached hydrogens (tertiary/aromatic N) is 5. The summed E-state index contributed by atoms with van der Waals surface area (Å²) in [5, 5.41) is 5.68. The molecule has 3 saturated heterocycles. The van der Waals surface area contributed by atoms with Gasteiger partial charge in [0.25, 0.3) is 0 Å². The summed E-state index contributed by atoms with van der Waals surface area (Å²) in [6, 6.07) is 9.82. The third-order valence-corrected chi connectivity index (χ3v) is 9.60. The summed E-state index contributed by atoms with van der Waals surface area (Å²) in [5.74, 6) is 0.558. The summed E-state index contributed by atoms with van der Waals surface area (Å²) in [7, 11) is 1.56. The number of piperazine rings is 1. The normalized spacial score (nSPS) is 19.9. The van der Waals surface area contributed by atoms with Gasteiger partial charge in [-0.2, -0.15) is 9.97 Å². The van der Waals surface area contributed by atoms with E-state index in [1.165, 1.54) is 0 Å². The second kappa shape index (κ2) is 13.5. The first-order valence-electron chi connectivity index (χ1n) is 17.3. The molecule has 2 aromatic heterocycles. The molecule has 12 heteroatoms. The Bertz CT molecular complexity index is 1850. The number of carbonyl (C=O) groups is 1. The van der Waals surface area contributed by atoms with Gasteiger partial charge < -0.3 is 29.2 Å². The summed E-state index contributed by atoms with van der Waals surface area (Å²) in [5.41, 5.74) is 1.42. The van der Waals surface area contributed by atoms with Crippen LogP contribution in [0.2, 0.25) is 0 Å². The molecule has 11 nitrogen and oxygen atoms in total. The van der Waals surface area contributed by atoms with Crippen molar-refractivity contribution in [3.63, 3.8) is 0 Å². The van der Waals surface area contributed by atoms with Crippen molar-refractivity contribution in [1.29, 1.82) is 0 Å². The van der Waals surface area contributed by atoms with Crippen LogP contribution in [0, 0.1) is 5.82 Å². The van der Waals surface area contributed by atoms with E-state index in [1.54, 1.807) is 13.3 Å². The molecule has 260 valence electrons. The van der Waals surface area contributed by atoms with Crippen LogP contribution in [0.4, 0.5) is 15.0 Å². The van der Waals surface area contributed by atoms with Crippen molar-refractivity contribution in [2.24, 2.45) is 0 Å². The largest absolute Gasteiger partial charge is 0.468 e. The molecule has 1 amide bonds. The average molecular weight is 673 g/mol. The predicted octanol–water partition coefficient (Wildman–Crippen LogP) is 6.25. The molecule has 3 aliphatic heterocycles. The Kier molecular flexibility index (Phi) is 9.19. The minimum Gasteiger partial charge on any atom is -0.468 e. The van der Waals surface area contributed by atoms with Crippen molar-refractivity contribution >= 4 is 33.6 Å². The summed E-state index contributed by atoms with van der Waals surface area (Å²) >= 11 is 0. The third-order valence-electron chi connectivity index (χ3n) is 9.60. The second-order valence-corrected chi connectivity index (χ2v) is 14.1. The zero-order chi connectivity index (χ0) is 34.3. The maximum absolute atomic E-state index is 17.1. The smallest absolute Gasteiger partial charge is 0.410 e. The molecule has 0 spiro atoms. The zero-order valence-electron chi connectivity index (χ0n) is 28.9. The van der Waals surface area contributed by atoms with Crippen molar-refractivity contribution in [3.8, 4) is 23.0 Å². The number of aryl methyl sites for hydroxylation is 1. The first-order chi connectivity index (χ1) is 23.6. The number of methoxy groups -OCH3 is 1. The number of aromatic nitrogens is 3. The molecular formula is C37H45FN6O5. The number of piperidine rings is 1. The Morgan fingerprint density at radius 3 is 2.51 bits per heavy atom. The van der Waals surface area contributed by atoms with Crippen molar-refractivity contribution in [1.82, 2.24) is 25.2 Å². The van der Waals surface area contributed by atoms with Gasteiger partial charge in [-0.1, -0.05) is 25.1 Å². The quantitative estimate of drug-likeness (QED) is 0.216. The Balaban J connectivity index is 1.33. The highest BCUT2D eigenvalue weighted by molar-refractivity contribution is 6.01. The second-order valence-electron chi connectivity index (χ2n) is 14.1. The van der Waals surface area contributed by atoms with Gasteiger partial charge in [0.2, 0.25) is 0 Å². The number of pyridine rings is 1. The molecule has 2 unspecified atom stereocenters. The number of halogens is 1. The number of anilines is 1. The molecule has 3 fully saturated rings. The number of benzene rings is 2. The summed E-state index contributed by atoms with van der Waals surface area (Å²) in [6.07, 6.45) is 5.37. The molecule has 4 aromatic rings. The van der Waals surface area contributed by atoms with Gasteiger partial charge in [-0.05, 0) is 94.4 Å². The van der Waals surface area contributed by atoms with E-state index in [2.05, 4.69) is 23.2 Å². The number of carbonyl (C=O) groups excluding carboxylic acids is 1. The number of hydrogen-bond donors (Lipinski definition) is 1. The van der Waals surface area contributed by atoms with Crippen LogP contribution in [-0.2, 0) is 15.9 Å². The van der Waals surface area contributed by atoms with Crippen LogP contribution < -0.4 is 19.7 Å². The fraction of sp³-hybridized carbons (Fsp3) is 0.514. The minimum atomic E-state index is -0.586. The van der Waals surface area contributed by atoms with Crippen LogP contribution in [0.3, 0.4) is 0 Å². The topological polar surface area (TPSA) is 111 Å². The number of rotatable bonds is 8. The molecule has 2 aromatic carbocycles. The standard InChI is InChI=1S/C37H45FN6O5/c1-6-22-8-7-9-23-16-27(47-21-46-5)17-28(30(22)23)32-31(38)33-29(18-40-32)34(42-35(41-33)48-26-12-14-39-15-13-26)43-19-24-10-11-25(20-43)44(24)36(45)49-37(2,3)4/h7-9,16-18,24-26,39H,6,10-15,19-21H2,1-5H3. The molecule has 49 heavy (non-hydrogen) atoms. The van der Waals surface area contributed by atoms with Crippen molar-refractivity contribution in [2.75, 3.05) is 45.0 Å². The van der Waals surface area contributed by atoms with E-state index < -0.39 is 11.4 Å². The lowest BCUT2D eigenvalue weighted by molar-refractivity contribution is 0.0122. The van der Waals surface area contributed by atoms with Crippen LogP contribution in [-0.4, -0.2) is 89.8 Å². The van der Waals surface area contributed by atoms with Gasteiger partial charge in [0.15, 0.2) is 12.6 Å². The average Bonchev–Trinajstić information content (AvgIpc) is 3.36. The van der Waals surface area contributed by atoms with Crippen molar-refractivity contribution in [3.05, 3.63) is 47.9 Å². The first-order valence-corrected chi connectivity index (χ1v) is 17.3. The van der Waals surface area contributed by atoms with Gasteiger partial charge in [-0.3, -0.25) is 9.88 Å². The summed E-state index contributed by atoms with van der Waals surface area (Å²) in [4.78, 5) is 31.6. The molecule has 3 aliphatic rings. The molecule has 0 radical (unpaired) electrons. The van der Waals surface area contributed by atoms with Crippen molar-refractivity contribution < 1.29 is 28.1 Å². The van der Waals surface area contributed by atoms with E-state index >= 15 is 4.39 Å². The molecule has 1 N–H and O–H groups in total. The van der Waals surface area contributed by atoms with Gasteiger partial charge in [0.05, 0.1) is 17.5 Å². The molecule has 7 rings (SSSR count). The Labute approximate surface area is 286 Å². The molecule has 2 bridgehead atoms. The van der Waals surface area contributed by atoms with Crippen LogP contribution in [0.15, 0.2) is 36.5 Å². The molecule has 2 atom stereocenters. The summed E-state index contributed by atoms with van der Waals surface area (Å²) in [6.45, 7) is 10.5. The lowest BCUT2D eigenvalue weighted by atomic mass is 9.95. The van der Waals surface area contributed by atoms with E-state index in [9.17, 15) is 4.79 Å². The van der Waals surface area contributed by atoms with E-state index in [1.807, 2.05) is 49.9 Å². The minimum absolute atomic E-state index is 0.0573. The van der Waals surface area contributed by atoms with Gasteiger partial charge in [0, 0.05) is 32.0 Å². The van der Waals surface area contributed by atoms with E-state index in [0.29, 0.717) is 35.6 Å². The summed E-state index contributed by atoms with van der Waals surface area (Å²) < 4.78 is 40.2. The molecular weight excluding hydrogens is 627 g/mol. The number of nitrogens with one attached hydrogen (secondary N) is 1. The molecule has 0 saturated carbocycles. The Morgan fingerprint density at radius 1 is 1.06 bits per heavy atom. The van der Waals surface area contributed by atoms with E-state index in [4.69, 9.17) is 33.9 Å². The Morgan fingerprint density at radius 2 is 1.82 bits per heavy atom. The highest BCUT2D eigenvalue weighted by Gasteiger charge is 2.45. The monoisotopic (exact) mass is 672 g/mol. The van der Waals surface area contributed by atoms with Gasteiger partial charge in [-0.15, -0.1) is 0 Å². The highest BCUT2D eigenvalue weighted by atomic mass is 19.1. The predicted molar refractivity (Wildman–Crippen MR) is 186 cm³/mol. The van der Waals surface area contributed by atoms with Crippen LogP contribution in [0.1, 0.15) is 58.9 Å². The van der Waals surface area contributed by atoms with Crippen molar-refractivity contribution in [2.45, 2.75) is 83.6 Å². The maximum atomic E-state index is 17.1. The van der Waals surface area contributed by atoms with Crippen LogP contribution >= 0.6 is 0 Å². The third kappa shape index (κ3) is 6.68. The van der Waals surface area contributed by atoms with E-state index in [0.717, 1.165) is 61.5 Å². The van der Waals surface area contributed by atoms with Gasteiger partial charge in [0.1, 0.15) is 34.5 Å². The van der Waals surface area contributed by atoms with Crippen LogP contribution in [0.5, 0.6) is 11.8 Å². The Hall–Kier alpha value is -4.29. The first kappa shape index (κ1) is 33.2. The highest BCUT2D eigenvalue weighted by Crippen LogP contribution is 2.40. The zero-order valence-corrected chi connectivity index (χ0v) is 28.9. The fourth-order valence-corrected chi connectivity index (χ4v) is 7.42. The van der Waals surface area contributed by atoms with E-state index in [-0.39, 0.29) is 48.3 Å². The SMILES string of the molecule is CCc1cccc2cc(OCOC)cc(-c3ncc4c(N5CC6CCC(C5)N6C(=O)OC(C)(C)C)nc(OC5CCNCC5)nc4c3F)c12. The molecule has 0 aliphatic carbocycles. The number of ether oxygens (including phenoxy) is 4.